The summed E-state index contributed by atoms with van der Waals surface area (Å²) in [7, 11) is 1.52. The summed E-state index contributed by atoms with van der Waals surface area (Å²) in [5.74, 6) is -0.189. The number of rotatable bonds is 5. The number of fused-ring (bicyclic) bond motifs is 1. The van der Waals surface area contributed by atoms with Gasteiger partial charge in [-0.3, -0.25) is 9.59 Å². The van der Waals surface area contributed by atoms with Gasteiger partial charge in [-0.2, -0.15) is 0 Å². The fourth-order valence-corrected chi connectivity index (χ4v) is 4.80. The van der Waals surface area contributed by atoms with Gasteiger partial charge in [0.2, 0.25) is 11.8 Å². The molecule has 2 fully saturated rings. The van der Waals surface area contributed by atoms with Gasteiger partial charge in [0.1, 0.15) is 11.8 Å². The molecule has 4 amide bonds. The Morgan fingerprint density at radius 3 is 2.70 bits per heavy atom. The first kappa shape index (κ1) is 22.9. The van der Waals surface area contributed by atoms with Crippen molar-refractivity contribution in [1.29, 1.82) is 0 Å². The molecule has 3 atom stereocenters. The van der Waals surface area contributed by atoms with Gasteiger partial charge in [0.05, 0.1) is 25.3 Å². The van der Waals surface area contributed by atoms with Crippen molar-refractivity contribution in [2.45, 2.75) is 50.2 Å². The van der Waals surface area contributed by atoms with Crippen molar-refractivity contribution in [3.8, 4) is 5.75 Å². The molecule has 1 heterocycles. The van der Waals surface area contributed by atoms with Crippen molar-refractivity contribution in [3.05, 3.63) is 53.6 Å². The molecule has 0 unspecified atom stereocenters. The molecule has 1 aliphatic carbocycles. The Bertz CT molecular complexity index is 1050. The van der Waals surface area contributed by atoms with E-state index in [1.54, 1.807) is 53.4 Å². The second-order valence-corrected chi connectivity index (χ2v) is 8.72. The van der Waals surface area contributed by atoms with Gasteiger partial charge in [0.25, 0.3) is 0 Å². The van der Waals surface area contributed by atoms with Crippen LogP contribution in [0.3, 0.4) is 0 Å². The van der Waals surface area contributed by atoms with Crippen molar-refractivity contribution in [2.24, 2.45) is 0 Å². The number of nitrogens with one attached hydrogen (secondary N) is 3. The molecule has 33 heavy (non-hydrogen) atoms. The number of piperazine rings is 1. The normalized spacial score (nSPS) is 22.1. The molecule has 8 nitrogen and oxygen atoms in total. The number of hydrogen-bond acceptors (Lipinski definition) is 4. The lowest BCUT2D eigenvalue weighted by Gasteiger charge is -2.47. The third kappa shape index (κ3) is 5.22. The van der Waals surface area contributed by atoms with Gasteiger partial charge >= 0.3 is 6.03 Å². The van der Waals surface area contributed by atoms with Crippen molar-refractivity contribution in [2.75, 3.05) is 17.7 Å². The monoisotopic (exact) mass is 470 g/mol. The third-order valence-electron chi connectivity index (χ3n) is 6.12. The van der Waals surface area contributed by atoms with Crippen LogP contribution in [0.2, 0.25) is 5.02 Å². The molecule has 3 N–H and O–H groups in total. The van der Waals surface area contributed by atoms with Crippen LogP contribution in [0.1, 0.15) is 32.1 Å². The SMILES string of the molecule is COc1ccccc1NC(=O)C[C@H]1C(=O)N[C@H]2CCCC[C@H]2N1C(=O)Nc1cccc(Cl)c1. The minimum absolute atomic E-state index is 0.120. The molecule has 0 spiro atoms. The Morgan fingerprint density at radius 1 is 1.12 bits per heavy atom. The molecule has 2 aromatic rings. The van der Waals surface area contributed by atoms with Gasteiger partial charge in [-0.05, 0) is 43.2 Å². The molecule has 9 heteroatoms. The first-order chi connectivity index (χ1) is 16.0. The molecular weight excluding hydrogens is 444 g/mol. The maximum Gasteiger partial charge on any atom is 0.322 e. The molecular formula is C24H27ClN4O4. The van der Waals surface area contributed by atoms with E-state index < -0.39 is 12.1 Å². The van der Waals surface area contributed by atoms with Crippen LogP contribution in [0, 0.1) is 0 Å². The van der Waals surface area contributed by atoms with Crippen LogP contribution < -0.4 is 20.7 Å². The van der Waals surface area contributed by atoms with Gasteiger partial charge in [0, 0.05) is 16.8 Å². The number of halogens is 1. The maximum absolute atomic E-state index is 13.4. The largest absolute Gasteiger partial charge is 0.495 e. The predicted octanol–water partition coefficient (Wildman–Crippen LogP) is 4.02. The zero-order valence-electron chi connectivity index (χ0n) is 18.3. The molecule has 2 aliphatic rings. The number of methoxy groups -OCH3 is 1. The predicted molar refractivity (Wildman–Crippen MR) is 127 cm³/mol. The van der Waals surface area contributed by atoms with Gasteiger partial charge in [-0.15, -0.1) is 0 Å². The summed E-state index contributed by atoms with van der Waals surface area (Å²) in [6.45, 7) is 0. The number of amides is 4. The van der Waals surface area contributed by atoms with Crippen LogP contribution in [0.4, 0.5) is 16.2 Å². The lowest BCUT2D eigenvalue weighted by molar-refractivity contribution is -0.135. The molecule has 1 aliphatic heterocycles. The minimum atomic E-state index is -0.932. The summed E-state index contributed by atoms with van der Waals surface area (Å²) in [6, 6.07) is 12.2. The van der Waals surface area contributed by atoms with E-state index in [9.17, 15) is 14.4 Å². The number of hydrogen-bond donors (Lipinski definition) is 3. The van der Waals surface area contributed by atoms with E-state index >= 15 is 0 Å². The zero-order valence-corrected chi connectivity index (χ0v) is 19.1. The number of para-hydroxylation sites is 2. The van der Waals surface area contributed by atoms with Crippen molar-refractivity contribution in [3.63, 3.8) is 0 Å². The highest BCUT2D eigenvalue weighted by molar-refractivity contribution is 6.30. The number of benzene rings is 2. The Hall–Kier alpha value is -3.26. The molecule has 1 saturated heterocycles. The van der Waals surface area contributed by atoms with E-state index in [4.69, 9.17) is 16.3 Å². The number of ether oxygens (including phenoxy) is 1. The summed E-state index contributed by atoms with van der Waals surface area (Å²) in [5.41, 5.74) is 1.04. The molecule has 0 bridgehead atoms. The molecule has 0 aromatic heterocycles. The minimum Gasteiger partial charge on any atom is -0.495 e. The van der Waals surface area contributed by atoms with E-state index in [0.29, 0.717) is 22.1 Å². The quantitative estimate of drug-likeness (QED) is 0.614. The van der Waals surface area contributed by atoms with Crippen LogP contribution in [0.15, 0.2) is 48.5 Å². The highest BCUT2D eigenvalue weighted by Gasteiger charge is 2.46. The fourth-order valence-electron chi connectivity index (χ4n) is 4.61. The Balaban J connectivity index is 1.56. The number of carbonyl (C=O) groups is 3. The summed E-state index contributed by atoms with van der Waals surface area (Å²) >= 11 is 6.06. The lowest BCUT2D eigenvalue weighted by Crippen LogP contribution is -2.68. The number of anilines is 2. The van der Waals surface area contributed by atoms with Gasteiger partial charge in [0.15, 0.2) is 0 Å². The van der Waals surface area contributed by atoms with Crippen LogP contribution >= 0.6 is 11.6 Å². The molecule has 174 valence electrons. The van der Waals surface area contributed by atoms with E-state index in [1.165, 1.54) is 7.11 Å². The number of carbonyl (C=O) groups excluding carboxylic acids is 3. The standard InChI is InChI=1S/C24H27ClN4O4/c1-33-21-12-5-3-10-18(21)27-22(30)14-20-23(31)28-17-9-2-4-11-19(17)29(20)24(32)26-16-8-6-7-15(25)13-16/h3,5-8,10,12-13,17,19-20H,2,4,9,11,14H2,1H3,(H,26,32)(H,27,30)(H,28,31)/t17-,19+,20-/m0/s1. The molecule has 4 rings (SSSR count). The van der Waals surface area contributed by atoms with Crippen LogP contribution in [-0.4, -0.2) is 48.0 Å². The topological polar surface area (TPSA) is 99.8 Å². The van der Waals surface area contributed by atoms with Crippen molar-refractivity contribution in [1.82, 2.24) is 10.2 Å². The van der Waals surface area contributed by atoms with E-state index in [1.807, 2.05) is 0 Å². The summed E-state index contributed by atoms with van der Waals surface area (Å²) < 4.78 is 5.28. The second kappa shape index (κ2) is 10.1. The summed E-state index contributed by atoms with van der Waals surface area (Å²) in [6.07, 6.45) is 3.34. The highest BCUT2D eigenvalue weighted by Crippen LogP contribution is 2.31. The van der Waals surface area contributed by atoms with Crippen molar-refractivity contribution >= 4 is 40.8 Å². The van der Waals surface area contributed by atoms with Crippen LogP contribution in [-0.2, 0) is 9.59 Å². The van der Waals surface area contributed by atoms with Gasteiger partial charge in [-0.25, -0.2) is 4.79 Å². The molecule has 0 radical (unpaired) electrons. The third-order valence-corrected chi connectivity index (χ3v) is 6.36. The number of nitrogens with zero attached hydrogens (tertiary/aromatic N) is 1. The molecule has 1 saturated carbocycles. The maximum atomic E-state index is 13.4. The van der Waals surface area contributed by atoms with Crippen LogP contribution in [0.5, 0.6) is 5.75 Å². The zero-order chi connectivity index (χ0) is 23.4. The van der Waals surface area contributed by atoms with E-state index in [0.717, 1.165) is 25.7 Å². The van der Waals surface area contributed by atoms with Crippen LogP contribution in [0.25, 0.3) is 0 Å². The summed E-state index contributed by atoms with van der Waals surface area (Å²) in [4.78, 5) is 40.8. The lowest BCUT2D eigenvalue weighted by atomic mass is 9.85. The Kier molecular flexibility index (Phi) is 7.03. The van der Waals surface area contributed by atoms with Gasteiger partial charge < -0.3 is 25.6 Å². The molecule has 2 aromatic carbocycles. The fraction of sp³-hybridized carbons (Fsp3) is 0.375. The van der Waals surface area contributed by atoms with E-state index in [2.05, 4.69) is 16.0 Å². The van der Waals surface area contributed by atoms with Crippen molar-refractivity contribution < 1.29 is 19.1 Å². The average Bonchev–Trinajstić information content (AvgIpc) is 2.79. The van der Waals surface area contributed by atoms with Gasteiger partial charge in [-0.1, -0.05) is 42.6 Å². The smallest absolute Gasteiger partial charge is 0.322 e. The average molecular weight is 471 g/mol. The Morgan fingerprint density at radius 2 is 1.91 bits per heavy atom. The first-order valence-electron chi connectivity index (χ1n) is 11.0. The second-order valence-electron chi connectivity index (χ2n) is 8.28. The first-order valence-corrected chi connectivity index (χ1v) is 11.4. The number of urea groups is 1. The Labute approximate surface area is 197 Å². The van der Waals surface area contributed by atoms with E-state index in [-0.39, 0.29) is 30.3 Å². The highest BCUT2D eigenvalue weighted by atomic mass is 35.5. The summed E-state index contributed by atoms with van der Waals surface area (Å²) in [5, 5.41) is 9.17.